The molecule has 0 radical (unpaired) electrons. The van der Waals surface area contributed by atoms with E-state index in [1.54, 1.807) is 11.4 Å². The van der Waals surface area contributed by atoms with Crippen molar-refractivity contribution < 1.29 is 8.42 Å². The molecule has 7 heteroatoms. The zero-order valence-electron chi connectivity index (χ0n) is 14.7. The van der Waals surface area contributed by atoms with E-state index in [1.165, 1.54) is 17.4 Å². The van der Waals surface area contributed by atoms with Crippen molar-refractivity contribution in [1.82, 2.24) is 14.9 Å². The van der Waals surface area contributed by atoms with E-state index in [0.717, 1.165) is 31.9 Å². The lowest BCUT2D eigenvalue weighted by Crippen LogP contribution is -2.43. The van der Waals surface area contributed by atoms with Crippen LogP contribution >= 0.6 is 0 Å². The van der Waals surface area contributed by atoms with Crippen molar-refractivity contribution in [3.8, 4) is 0 Å². The Bertz CT molecular complexity index is 648. The van der Waals surface area contributed by atoms with Crippen molar-refractivity contribution in [3.63, 3.8) is 0 Å². The second-order valence-corrected chi connectivity index (χ2v) is 8.38. The monoisotopic (exact) mass is 352 g/mol. The van der Waals surface area contributed by atoms with Gasteiger partial charge < -0.3 is 10.6 Å². The Labute approximate surface area is 145 Å². The third kappa shape index (κ3) is 5.79. The topological polar surface area (TPSA) is 73.8 Å². The number of guanidine groups is 1. The number of nitrogens with zero attached hydrogens (tertiary/aromatic N) is 2. The van der Waals surface area contributed by atoms with E-state index in [4.69, 9.17) is 0 Å². The quantitative estimate of drug-likeness (QED) is 0.619. The van der Waals surface area contributed by atoms with Crippen LogP contribution in [0.4, 0.5) is 0 Å². The molecule has 6 nitrogen and oxygen atoms in total. The predicted octanol–water partition coefficient (Wildman–Crippen LogP) is 1.33. The maximum Gasteiger partial charge on any atom is 0.211 e. The minimum Gasteiger partial charge on any atom is -0.356 e. The first kappa shape index (κ1) is 18.7. The van der Waals surface area contributed by atoms with E-state index in [0.29, 0.717) is 19.0 Å². The molecule has 1 saturated heterocycles. The number of aliphatic imine (C=N–C) groups is 1. The molecule has 2 N–H and O–H groups in total. The van der Waals surface area contributed by atoms with Gasteiger partial charge in [0.15, 0.2) is 5.96 Å². The summed E-state index contributed by atoms with van der Waals surface area (Å²) in [5.41, 5.74) is 2.46. The molecular weight excluding hydrogens is 324 g/mol. The maximum absolute atomic E-state index is 11.5. The van der Waals surface area contributed by atoms with Crippen molar-refractivity contribution >= 4 is 16.0 Å². The van der Waals surface area contributed by atoms with Gasteiger partial charge in [0.05, 0.1) is 6.26 Å². The molecular formula is C17H28N4O2S. The van der Waals surface area contributed by atoms with Gasteiger partial charge in [-0.1, -0.05) is 29.8 Å². The molecule has 0 amide bonds. The van der Waals surface area contributed by atoms with Crippen LogP contribution in [0.2, 0.25) is 0 Å². The van der Waals surface area contributed by atoms with Gasteiger partial charge in [0.25, 0.3) is 0 Å². The zero-order chi connectivity index (χ0) is 17.6. The molecule has 1 aromatic rings. The number of sulfonamides is 1. The van der Waals surface area contributed by atoms with E-state index in [1.807, 2.05) is 0 Å². The minimum atomic E-state index is -3.05. The van der Waals surface area contributed by atoms with Gasteiger partial charge in [-0.25, -0.2) is 12.7 Å². The lowest BCUT2D eigenvalue weighted by Gasteiger charge is -2.30. The normalized spacial score (nSPS) is 17.7. The number of hydrogen-bond acceptors (Lipinski definition) is 3. The lowest BCUT2D eigenvalue weighted by atomic mass is 9.98. The number of aryl methyl sites for hydroxylation is 1. The number of piperidine rings is 1. The second-order valence-electron chi connectivity index (χ2n) is 6.40. The van der Waals surface area contributed by atoms with Gasteiger partial charge in [-0.05, 0) is 31.2 Å². The fourth-order valence-corrected chi connectivity index (χ4v) is 3.67. The average molecular weight is 353 g/mol. The van der Waals surface area contributed by atoms with Gasteiger partial charge in [0.1, 0.15) is 0 Å². The maximum atomic E-state index is 11.5. The van der Waals surface area contributed by atoms with Crippen molar-refractivity contribution in [2.75, 3.05) is 32.9 Å². The fourth-order valence-electron chi connectivity index (χ4n) is 2.80. The van der Waals surface area contributed by atoms with E-state index >= 15 is 0 Å². The summed E-state index contributed by atoms with van der Waals surface area (Å²) in [5, 5.41) is 6.66. The Kier molecular flexibility index (Phi) is 6.62. The van der Waals surface area contributed by atoms with Gasteiger partial charge in [-0.3, -0.25) is 4.99 Å². The van der Waals surface area contributed by atoms with Crippen molar-refractivity contribution in [2.24, 2.45) is 10.9 Å². The van der Waals surface area contributed by atoms with Crippen LogP contribution < -0.4 is 10.6 Å². The Morgan fingerprint density at radius 3 is 2.38 bits per heavy atom. The van der Waals surface area contributed by atoms with Crippen LogP contribution in [0.5, 0.6) is 0 Å². The van der Waals surface area contributed by atoms with Crippen LogP contribution in [0, 0.1) is 12.8 Å². The molecule has 0 aliphatic carbocycles. The number of hydrogen-bond donors (Lipinski definition) is 2. The van der Waals surface area contributed by atoms with Gasteiger partial charge in [-0.2, -0.15) is 0 Å². The molecule has 1 aliphatic heterocycles. The van der Waals surface area contributed by atoms with Crippen molar-refractivity contribution in [2.45, 2.75) is 26.3 Å². The Hall–Kier alpha value is -1.60. The minimum absolute atomic E-state index is 0.473. The molecule has 134 valence electrons. The Balaban J connectivity index is 1.73. The molecule has 0 unspecified atom stereocenters. The van der Waals surface area contributed by atoms with E-state index < -0.39 is 10.0 Å². The first-order chi connectivity index (χ1) is 11.4. The van der Waals surface area contributed by atoms with Crippen molar-refractivity contribution in [3.05, 3.63) is 35.4 Å². The summed E-state index contributed by atoms with van der Waals surface area (Å²) >= 11 is 0. The first-order valence-corrected chi connectivity index (χ1v) is 10.2. The van der Waals surface area contributed by atoms with E-state index in [-0.39, 0.29) is 0 Å². The highest BCUT2D eigenvalue weighted by atomic mass is 32.2. The predicted molar refractivity (Wildman–Crippen MR) is 98.5 cm³/mol. The summed E-state index contributed by atoms with van der Waals surface area (Å²) in [6.45, 7) is 4.84. The summed E-state index contributed by atoms with van der Waals surface area (Å²) in [6.07, 6.45) is 3.05. The summed E-state index contributed by atoms with van der Waals surface area (Å²) in [4.78, 5) is 4.25. The fraction of sp³-hybridized carbons (Fsp3) is 0.588. The van der Waals surface area contributed by atoms with Gasteiger partial charge in [-0.15, -0.1) is 0 Å². The number of nitrogens with one attached hydrogen (secondary N) is 2. The zero-order valence-corrected chi connectivity index (χ0v) is 15.6. The second kappa shape index (κ2) is 8.48. The summed E-state index contributed by atoms with van der Waals surface area (Å²) in [5.74, 6) is 1.25. The van der Waals surface area contributed by atoms with Crippen molar-refractivity contribution in [1.29, 1.82) is 0 Å². The molecule has 2 rings (SSSR count). The average Bonchev–Trinajstić information content (AvgIpc) is 2.56. The van der Waals surface area contributed by atoms with E-state index in [9.17, 15) is 8.42 Å². The molecule has 0 atom stereocenters. The third-order valence-electron chi connectivity index (χ3n) is 4.40. The highest BCUT2D eigenvalue weighted by Crippen LogP contribution is 2.18. The smallest absolute Gasteiger partial charge is 0.211 e. The van der Waals surface area contributed by atoms with Gasteiger partial charge in [0.2, 0.25) is 10.0 Å². The molecule has 1 fully saturated rings. The molecule has 0 spiro atoms. The molecule has 0 bridgehead atoms. The Morgan fingerprint density at radius 1 is 1.21 bits per heavy atom. The van der Waals surface area contributed by atoms with Crippen LogP contribution in [-0.2, 0) is 16.6 Å². The highest BCUT2D eigenvalue weighted by molar-refractivity contribution is 7.88. The van der Waals surface area contributed by atoms with Crippen LogP contribution in [0.1, 0.15) is 24.0 Å². The molecule has 0 saturated carbocycles. The van der Waals surface area contributed by atoms with Crippen LogP contribution in [-0.4, -0.2) is 51.6 Å². The van der Waals surface area contributed by atoms with Crippen LogP contribution in [0.3, 0.4) is 0 Å². The summed E-state index contributed by atoms with van der Waals surface area (Å²) in [7, 11) is -1.29. The first-order valence-electron chi connectivity index (χ1n) is 8.33. The molecule has 1 aromatic carbocycles. The van der Waals surface area contributed by atoms with E-state index in [2.05, 4.69) is 46.8 Å². The molecule has 0 aromatic heterocycles. The van der Waals surface area contributed by atoms with Gasteiger partial charge in [0, 0.05) is 33.2 Å². The lowest BCUT2D eigenvalue weighted by molar-refractivity contribution is 0.275. The van der Waals surface area contributed by atoms with Crippen LogP contribution in [0.15, 0.2) is 29.3 Å². The molecule has 1 aliphatic rings. The summed E-state index contributed by atoms with van der Waals surface area (Å²) < 4.78 is 24.6. The number of benzene rings is 1. The van der Waals surface area contributed by atoms with Crippen LogP contribution in [0.25, 0.3) is 0 Å². The standard InChI is InChI=1S/C17H28N4O2S/c1-14-4-6-15(7-5-14)12-19-17(18-2)20-13-16-8-10-21(11-9-16)24(3,22)23/h4-7,16H,8-13H2,1-3H3,(H2,18,19,20). The van der Waals surface area contributed by atoms with Gasteiger partial charge >= 0.3 is 0 Å². The SMILES string of the molecule is CN=C(NCc1ccc(C)cc1)NCC1CCN(S(C)(=O)=O)CC1. The number of rotatable bonds is 5. The molecule has 24 heavy (non-hydrogen) atoms. The largest absolute Gasteiger partial charge is 0.356 e. The third-order valence-corrected chi connectivity index (χ3v) is 5.71. The molecule has 1 heterocycles. The highest BCUT2D eigenvalue weighted by Gasteiger charge is 2.24. The summed E-state index contributed by atoms with van der Waals surface area (Å²) in [6, 6.07) is 8.42. The Morgan fingerprint density at radius 2 is 1.83 bits per heavy atom.